The van der Waals surface area contributed by atoms with Crippen molar-refractivity contribution in [3.8, 4) is 0 Å². The lowest BCUT2D eigenvalue weighted by Gasteiger charge is -2.29. The molecule has 2 nitrogen and oxygen atoms in total. The maximum Gasteiger partial charge on any atom is 0.212 e. The number of aromatic nitrogens is 1. The summed E-state index contributed by atoms with van der Waals surface area (Å²) in [5, 5.41) is 3.35. The van der Waals surface area contributed by atoms with E-state index in [1.54, 1.807) is 6.20 Å². The van der Waals surface area contributed by atoms with Gasteiger partial charge in [0.05, 0.1) is 0 Å². The molecule has 2 atom stereocenters. The molecule has 0 bridgehead atoms. The summed E-state index contributed by atoms with van der Waals surface area (Å²) in [5.41, 5.74) is 2.39. The molecule has 0 spiro atoms. The Morgan fingerprint density at radius 2 is 2.29 bits per heavy atom. The van der Waals surface area contributed by atoms with Crippen molar-refractivity contribution in [1.29, 1.82) is 0 Å². The highest BCUT2D eigenvalue weighted by Crippen LogP contribution is 2.41. The van der Waals surface area contributed by atoms with Gasteiger partial charge >= 0.3 is 0 Å². The summed E-state index contributed by atoms with van der Waals surface area (Å²) in [7, 11) is 0. The lowest BCUT2D eigenvalue weighted by atomic mass is 9.74. The second kappa shape index (κ2) is 2.89. The van der Waals surface area contributed by atoms with Crippen LogP contribution in [0.3, 0.4) is 0 Å². The Balaban J connectivity index is 1.90. The Kier molecular flexibility index (Phi) is 1.67. The van der Waals surface area contributed by atoms with Gasteiger partial charge in [0.25, 0.3) is 0 Å². The smallest absolute Gasteiger partial charge is 0.212 e. The molecule has 3 heteroatoms. The van der Waals surface area contributed by atoms with Gasteiger partial charge in [0.2, 0.25) is 5.95 Å². The Labute approximate surface area is 81.9 Å². The molecule has 1 aliphatic carbocycles. The van der Waals surface area contributed by atoms with Crippen molar-refractivity contribution in [2.24, 2.45) is 11.8 Å². The zero-order valence-corrected chi connectivity index (χ0v) is 7.70. The van der Waals surface area contributed by atoms with Gasteiger partial charge in [-0.2, -0.15) is 4.39 Å². The number of nitrogens with zero attached hydrogens (tertiary/aromatic N) is 1. The van der Waals surface area contributed by atoms with E-state index in [9.17, 15) is 4.39 Å². The highest BCUT2D eigenvalue weighted by Gasteiger charge is 2.36. The highest BCUT2D eigenvalue weighted by molar-refractivity contribution is 5.73. The average molecular weight is 190 g/mol. The topological polar surface area (TPSA) is 24.9 Å². The third kappa shape index (κ3) is 1.09. The summed E-state index contributed by atoms with van der Waals surface area (Å²) in [6.45, 7) is 2.14. The van der Waals surface area contributed by atoms with Crippen LogP contribution in [0.1, 0.15) is 5.56 Å². The van der Waals surface area contributed by atoms with Crippen molar-refractivity contribution >= 4 is 5.57 Å². The van der Waals surface area contributed by atoms with Gasteiger partial charge in [-0.05, 0) is 29.2 Å². The molecule has 1 fully saturated rings. The van der Waals surface area contributed by atoms with E-state index in [0.29, 0.717) is 11.8 Å². The standard InChI is InChI=1S/C11H11FN2/c12-11-2-1-7(5-14-11)9-3-8-4-13-6-10(8)9/h1-3,5,8,10,13H,4,6H2/t8-,10+/m0/s1. The van der Waals surface area contributed by atoms with Crippen molar-refractivity contribution in [3.63, 3.8) is 0 Å². The molecule has 1 N–H and O–H groups in total. The first kappa shape index (κ1) is 8.12. The van der Waals surface area contributed by atoms with E-state index in [4.69, 9.17) is 0 Å². The van der Waals surface area contributed by atoms with Crippen molar-refractivity contribution in [3.05, 3.63) is 35.9 Å². The predicted octanol–water partition coefficient (Wildman–Crippen LogP) is 1.45. The minimum Gasteiger partial charge on any atom is -0.315 e. The summed E-state index contributed by atoms with van der Waals surface area (Å²) in [4.78, 5) is 3.67. The molecule has 0 saturated carbocycles. The van der Waals surface area contributed by atoms with E-state index >= 15 is 0 Å². The van der Waals surface area contributed by atoms with Gasteiger partial charge in [-0.3, -0.25) is 0 Å². The number of rotatable bonds is 1. The summed E-state index contributed by atoms with van der Waals surface area (Å²) in [5.74, 6) is 0.909. The lowest BCUT2D eigenvalue weighted by Crippen LogP contribution is -2.22. The lowest BCUT2D eigenvalue weighted by molar-refractivity contribution is 0.561. The number of fused-ring (bicyclic) bond motifs is 1. The van der Waals surface area contributed by atoms with Gasteiger partial charge in [-0.1, -0.05) is 6.08 Å². The summed E-state index contributed by atoms with van der Waals surface area (Å²) < 4.78 is 12.6. The van der Waals surface area contributed by atoms with Gasteiger partial charge in [-0.15, -0.1) is 0 Å². The van der Waals surface area contributed by atoms with Crippen LogP contribution in [0, 0.1) is 17.8 Å². The molecule has 1 saturated heterocycles. The van der Waals surface area contributed by atoms with E-state index in [2.05, 4.69) is 16.4 Å². The molecule has 0 radical (unpaired) electrons. The van der Waals surface area contributed by atoms with Crippen LogP contribution in [0.4, 0.5) is 4.39 Å². The quantitative estimate of drug-likeness (QED) is 0.678. The predicted molar refractivity (Wildman–Crippen MR) is 52.0 cm³/mol. The van der Waals surface area contributed by atoms with Crippen LogP contribution in [0.5, 0.6) is 0 Å². The van der Waals surface area contributed by atoms with Gasteiger partial charge in [0.15, 0.2) is 0 Å². The Bertz CT molecular complexity index is 383. The van der Waals surface area contributed by atoms with Crippen molar-refractivity contribution in [1.82, 2.24) is 10.3 Å². The number of hydrogen-bond acceptors (Lipinski definition) is 2. The van der Waals surface area contributed by atoms with Gasteiger partial charge in [-0.25, -0.2) is 4.98 Å². The first-order chi connectivity index (χ1) is 6.84. The van der Waals surface area contributed by atoms with Crippen LogP contribution in [-0.4, -0.2) is 18.1 Å². The highest BCUT2D eigenvalue weighted by atomic mass is 19.1. The molecule has 0 aromatic carbocycles. The van der Waals surface area contributed by atoms with Crippen LogP contribution < -0.4 is 5.32 Å². The average Bonchev–Trinajstić information content (AvgIpc) is 2.52. The largest absolute Gasteiger partial charge is 0.315 e. The van der Waals surface area contributed by atoms with E-state index in [0.717, 1.165) is 18.7 Å². The molecule has 2 aliphatic rings. The minimum atomic E-state index is -0.408. The van der Waals surface area contributed by atoms with E-state index < -0.39 is 5.95 Å². The molecule has 0 amide bonds. The SMILES string of the molecule is Fc1ccc(C2=C[C@H]3CNC[C@@H]23)cn1. The van der Waals surface area contributed by atoms with Gasteiger partial charge in [0, 0.05) is 25.2 Å². The molecular formula is C11H11FN2. The number of pyridine rings is 1. The maximum absolute atomic E-state index is 12.6. The Morgan fingerprint density at radius 1 is 1.36 bits per heavy atom. The van der Waals surface area contributed by atoms with Gasteiger partial charge in [0.1, 0.15) is 0 Å². The van der Waals surface area contributed by atoms with Crippen LogP contribution in [0.25, 0.3) is 5.57 Å². The van der Waals surface area contributed by atoms with Crippen molar-refractivity contribution < 1.29 is 4.39 Å². The molecule has 14 heavy (non-hydrogen) atoms. The minimum absolute atomic E-state index is 0.408. The Morgan fingerprint density at radius 3 is 3.00 bits per heavy atom. The number of hydrogen-bond donors (Lipinski definition) is 1. The molecule has 72 valence electrons. The monoisotopic (exact) mass is 190 g/mol. The summed E-state index contributed by atoms with van der Waals surface area (Å²) in [6, 6.07) is 3.23. The first-order valence-electron chi connectivity index (χ1n) is 4.89. The second-order valence-corrected chi connectivity index (χ2v) is 3.92. The second-order valence-electron chi connectivity index (χ2n) is 3.92. The first-order valence-corrected chi connectivity index (χ1v) is 4.89. The molecule has 1 aromatic rings. The van der Waals surface area contributed by atoms with Crippen LogP contribution in [-0.2, 0) is 0 Å². The van der Waals surface area contributed by atoms with E-state index in [1.165, 1.54) is 11.6 Å². The molecular weight excluding hydrogens is 179 g/mol. The summed E-state index contributed by atoms with van der Waals surface area (Å²) in [6.07, 6.45) is 3.88. The van der Waals surface area contributed by atoms with E-state index in [1.807, 2.05) is 6.07 Å². The maximum atomic E-state index is 12.6. The molecule has 1 aliphatic heterocycles. The van der Waals surface area contributed by atoms with Crippen LogP contribution in [0.15, 0.2) is 24.4 Å². The fraction of sp³-hybridized carbons (Fsp3) is 0.364. The third-order valence-electron chi connectivity index (χ3n) is 3.11. The van der Waals surface area contributed by atoms with Crippen LogP contribution in [0.2, 0.25) is 0 Å². The summed E-state index contributed by atoms with van der Waals surface area (Å²) >= 11 is 0. The molecule has 1 aromatic heterocycles. The Hall–Kier alpha value is -1.22. The van der Waals surface area contributed by atoms with Crippen molar-refractivity contribution in [2.45, 2.75) is 0 Å². The molecule has 2 heterocycles. The van der Waals surface area contributed by atoms with Crippen molar-refractivity contribution in [2.75, 3.05) is 13.1 Å². The number of halogens is 1. The van der Waals surface area contributed by atoms with E-state index in [-0.39, 0.29) is 0 Å². The zero-order chi connectivity index (χ0) is 9.54. The third-order valence-corrected chi connectivity index (χ3v) is 3.11. The number of nitrogens with one attached hydrogen (secondary N) is 1. The normalized spacial score (nSPS) is 29.4. The fourth-order valence-electron chi connectivity index (χ4n) is 2.31. The molecule has 3 rings (SSSR count). The molecule has 0 unspecified atom stereocenters. The zero-order valence-electron chi connectivity index (χ0n) is 7.70. The fourth-order valence-corrected chi connectivity index (χ4v) is 2.31. The van der Waals surface area contributed by atoms with Crippen LogP contribution >= 0.6 is 0 Å². The van der Waals surface area contributed by atoms with Gasteiger partial charge < -0.3 is 5.32 Å².